The fourth-order valence-corrected chi connectivity index (χ4v) is 2.66. The lowest BCUT2D eigenvalue weighted by Crippen LogP contribution is -2.38. The predicted molar refractivity (Wildman–Crippen MR) is 74.9 cm³/mol. The minimum absolute atomic E-state index is 0.00935. The fourth-order valence-electron chi connectivity index (χ4n) is 2.66. The largest absolute Gasteiger partial charge is 0.478 e. The van der Waals surface area contributed by atoms with E-state index in [0.29, 0.717) is 17.0 Å². The number of fused-ring (bicyclic) bond motifs is 1. The van der Waals surface area contributed by atoms with Crippen LogP contribution in [0.3, 0.4) is 0 Å². The molecule has 1 aromatic carbocycles. The quantitative estimate of drug-likeness (QED) is 0.852. The monoisotopic (exact) mass is 274 g/mol. The standard InChI is InChI=1S/C15H18N2O3/c1-10-14(18)16-12-7-5-6-11(13(12)20-10)15(19)17-8-3-2-4-9-17/h5-7,10H,2-4,8-9H2,1H3,(H,16,18). The van der Waals surface area contributed by atoms with Gasteiger partial charge in [0, 0.05) is 13.1 Å². The summed E-state index contributed by atoms with van der Waals surface area (Å²) in [6.07, 6.45) is 2.71. The Morgan fingerprint density at radius 3 is 2.80 bits per heavy atom. The molecule has 3 rings (SSSR count). The summed E-state index contributed by atoms with van der Waals surface area (Å²) in [5, 5.41) is 2.77. The summed E-state index contributed by atoms with van der Waals surface area (Å²) in [6.45, 7) is 3.27. The van der Waals surface area contributed by atoms with E-state index in [1.165, 1.54) is 6.42 Å². The summed E-state index contributed by atoms with van der Waals surface area (Å²) in [7, 11) is 0. The molecule has 0 aromatic heterocycles. The zero-order valence-corrected chi connectivity index (χ0v) is 11.5. The van der Waals surface area contributed by atoms with Gasteiger partial charge in [-0.1, -0.05) is 6.07 Å². The molecule has 2 heterocycles. The van der Waals surface area contributed by atoms with E-state index in [2.05, 4.69) is 5.32 Å². The second-order valence-corrected chi connectivity index (χ2v) is 5.28. The van der Waals surface area contributed by atoms with E-state index in [1.54, 1.807) is 25.1 Å². The molecular formula is C15H18N2O3. The molecule has 0 aliphatic carbocycles. The average molecular weight is 274 g/mol. The highest BCUT2D eigenvalue weighted by molar-refractivity contribution is 6.04. The van der Waals surface area contributed by atoms with Gasteiger partial charge in [-0.25, -0.2) is 0 Å². The topological polar surface area (TPSA) is 58.6 Å². The van der Waals surface area contributed by atoms with Crippen molar-refractivity contribution in [1.82, 2.24) is 4.90 Å². The van der Waals surface area contributed by atoms with Crippen LogP contribution in [0, 0.1) is 0 Å². The summed E-state index contributed by atoms with van der Waals surface area (Å²) in [5.74, 6) is 0.306. The van der Waals surface area contributed by atoms with Crippen molar-refractivity contribution in [2.75, 3.05) is 18.4 Å². The maximum atomic E-state index is 12.6. The predicted octanol–water partition coefficient (Wildman–Crippen LogP) is 2.03. The van der Waals surface area contributed by atoms with Crippen LogP contribution in [0.5, 0.6) is 5.75 Å². The Bertz CT molecular complexity index is 550. The molecule has 1 fully saturated rings. The van der Waals surface area contributed by atoms with Gasteiger partial charge in [0.05, 0.1) is 11.3 Å². The van der Waals surface area contributed by atoms with Crippen molar-refractivity contribution in [2.45, 2.75) is 32.3 Å². The number of piperidine rings is 1. The molecule has 2 amide bonds. The molecular weight excluding hydrogens is 256 g/mol. The third kappa shape index (κ3) is 2.24. The van der Waals surface area contributed by atoms with Gasteiger partial charge >= 0.3 is 0 Å². The van der Waals surface area contributed by atoms with E-state index < -0.39 is 6.10 Å². The van der Waals surface area contributed by atoms with Crippen LogP contribution in [0.2, 0.25) is 0 Å². The second-order valence-electron chi connectivity index (χ2n) is 5.28. The highest BCUT2D eigenvalue weighted by Gasteiger charge is 2.29. The Kier molecular flexibility index (Phi) is 3.34. The molecule has 0 bridgehead atoms. The van der Waals surface area contributed by atoms with Gasteiger partial charge in [0.25, 0.3) is 11.8 Å². The summed E-state index contributed by atoms with van der Waals surface area (Å²) in [5.41, 5.74) is 1.12. The number of nitrogens with zero attached hydrogens (tertiary/aromatic N) is 1. The van der Waals surface area contributed by atoms with Crippen molar-refractivity contribution in [3.8, 4) is 5.75 Å². The van der Waals surface area contributed by atoms with Gasteiger partial charge in [-0.3, -0.25) is 9.59 Å². The van der Waals surface area contributed by atoms with E-state index >= 15 is 0 Å². The van der Waals surface area contributed by atoms with Crippen LogP contribution < -0.4 is 10.1 Å². The first-order valence-corrected chi connectivity index (χ1v) is 7.06. The lowest BCUT2D eigenvalue weighted by molar-refractivity contribution is -0.122. The van der Waals surface area contributed by atoms with Crippen molar-refractivity contribution in [3.63, 3.8) is 0 Å². The van der Waals surface area contributed by atoms with Crippen molar-refractivity contribution < 1.29 is 14.3 Å². The number of hydrogen-bond acceptors (Lipinski definition) is 3. The van der Waals surface area contributed by atoms with Crippen molar-refractivity contribution in [2.24, 2.45) is 0 Å². The second kappa shape index (κ2) is 5.15. The van der Waals surface area contributed by atoms with Crippen LogP contribution in [-0.2, 0) is 4.79 Å². The highest BCUT2D eigenvalue weighted by Crippen LogP contribution is 2.34. The van der Waals surface area contributed by atoms with Crippen LogP contribution in [0.25, 0.3) is 0 Å². The van der Waals surface area contributed by atoms with Gasteiger partial charge in [0.15, 0.2) is 11.9 Å². The van der Waals surface area contributed by atoms with E-state index in [1.807, 2.05) is 4.90 Å². The minimum Gasteiger partial charge on any atom is -0.478 e. The third-order valence-corrected chi connectivity index (χ3v) is 3.81. The fraction of sp³-hybridized carbons (Fsp3) is 0.467. The first-order chi connectivity index (χ1) is 9.66. The van der Waals surface area contributed by atoms with Gasteiger partial charge in [0.1, 0.15) is 0 Å². The molecule has 5 nitrogen and oxygen atoms in total. The number of hydrogen-bond donors (Lipinski definition) is 1. The average Bonchev–Trinajstić information content (AvgIpc) is 2.48. The number of carbonyl (C=O) groups excluding carboxylic acids is 2. The molecule has 2 aliphatic heterocycles. The van der Waals surface area contributed by atoms with Gasteiger partial charge in [-0.05, 0) is 38.3 Å². The van der Waals surface area contributed by atoms with Gasteiger partial charge in [-0.2, -0.15) is 0 Å². The van der Waals surface area contributed by atoms with Gasteiger partial charge in [-0.15, -0.1) is 0 Å². The van der Waals surface area contributed by atoms with Crippen molar-refractivity contribution >= 4 is 17.5 Å². The number of anilines is 1. The number of amides is 2. The number of nitrogens with one attached hydrogen (secondary N) is 1. The molecule has 1 saturated heterocycles. The Morgan fingerprint density at radius 2 is 2.05 bits per heavy atom. The number of para-hydroxylation sites is 1. The normalized spacial score (nSPS) is 21.8. The minimum atomic E-state index is -0.571. The molecule has 0 saturated carbocycles. The Hall–Kier alpha value is -2.04. The molecule has 0 spiro atoms. The highest BCUT2D eigenvalue weighted by atomic mass is 16.5. The van der Waals surface area contributed by atoms with Crippen LogP contribution in [0.1, 0.15) is 36.5 Å². The molecule has 2 aliphatic rings. The zero-order valence-electron chi connectivity index (χ0n) is 11.5. The number of likely N-dealkylation sites (tertiary alicyclic amines) is 1. The Morgan fingerprint density at radius 1 is 1.30 bits per heavy atom. The SMILES string of the molecule is CC1Oc2c(cccc2C(=O)N2CCCCC2)NC1=O. The van der Waals surface area contributed by atoms with Gasteiger partial charge < -0.3 is 15.0 Å². The van der Waals surface area contributed by atoms with E-state index in [9.17, 15) is 9.59 Å². The molecule has 1 unspecified atom stereocenters. The maximum absolute atomic E-state index is 12.6. The summed E-state index contributed by atoms with van der Waals surface area (Å²) >= 11 is 0. The zero-order chi connectivity index (χ0) is 14.1. The van der Waals surface area contributed by atoms with E-state index in [4.69, 9.17) is 4.74 Å². The number of rotatable bonds is 1. The molecule has 1 aromatic rings. The maximum Gasteiger partial charge on any atom is 0.265 e. The number of carbonyl (C=O) groups is 2. The Balaban J connectivity index is 1.92. The van der Waals surface area contributed by atoms with Crippen LogP contribution >= 0.6 is 0 Å². The number of ether oxygens (including phenoxy) is 1. The van der Waals surface area contributed by atoms with E-state index in [-0.39, 0.29) is 11.8 Å². The third-order valence-electron chi connectivity index (χ3n) is 3.81. The molecule has 20 heavy (non-hydrogen) atoms. The van der Waals surface area contributed by atoms with Crippen molar-refractivity contribution in [1.29, 1.82) is 0 Å². The molecule has 5 heteroatoms. The molecule has 1 atom stereocenters. The van der Waals surface area contributed by atoms with Crippen LogP contribution in [0.4, 0.5) is 5.69 Å². The molecule has 0 radical (unpaired) electrons. The molecule has 1 N–H and O–H groups in total. The summed E-state index contributed by atoms with van der Waals surface area (Å²) in [4.78, 5) is 26.1. The lowest BCUT2D eigenvalue weighted by atomic mass is 10.1. The van der Waals surface area contributed by atoms with E-state index in [0.717, 1.165) is 25.9 Å². The van der Waals surface area contributed by atoms with Gasteiger partial charge in [0.2, 0.25) is 0 Å². The summed E-state index contributed by atoms with van der Waals surface area (Å²) < 4.78 is 5.63. The van der Waals surface area contributed by atoms with Crippen LogP contribution in [0.15, 0.2) is 18.2 Å². The first kappa shape index (κ1) is 13.0. The van der Waals surface area contributed by atoms with Crippen molar-refractivity contribution in [3.05, 3.63) is 23.8 Å². The number of benzene rings is 1. The molecule has 106 valence electrons. The van der Waals surface area contributed by atoms with Crippen LogP contribution in [-0.4, -0.2) is 35.9 Å². The smallest absolute Gasteiger partial charge is 0.265 e. The summed E-state index contributed by atoms with van der Waals surface area (Å²) in [6, 6.07) is 5.29. The first-order valence-electron chi connectivity index (χ1n) is 7.06. The lowest BCUT2D eigenvalue weighted by Gasteiger charge is -2.29. The Labute approximate surface area is 117 Å².